The van der Waals surface area contributed by atoms with Crippen LogP contribution in [0.25, 0.3) is 0 Å². The first-order valence-corrected chi connectivity index (χ1v) is 6.65. The Hall–Kier alpha value is -2.62. The van der Waals surface area contributed by atoms with E-state index < -0.39 is 5.97 Å². The van der Waals surface area contributed by atoms with Crippen LogP contribution >= 0.6 is 0 Å². The second kappa shape index (κ2) is 6.70. The summed E-state index contributed by atoms with van der Waals surface area (Å²) in [6.45, 7) is 3.59. The lowest BCUT2D eigenvalue weighted by atomic mass is 10.1. The summed E-state index contributed by atoms with van der Waals surface area (Å²) in [6, 6.07) is 14.3. The maximum Gasteiger partial charge on any atom is 0.338 e. The molecule has 108 valence electrons. The second-order valence-electron chi connectivity index (χ2n) is 4.79. The summed E-state index contributed by atoms with van der Waals surface area (Å²) in [5, 5.41) is 2.65. The Morgan fingerprint density at radius 2 is 1.71 bits per heavy atom. The Morgan fingerprint density at radius 1 is 1.00 bits per heavy atom. The average Bonchev–Trinajstić information content (AvgIpc) is 2.48. The standard InChI is InChI=1S/C17H17NO3/c1-12-8-9-14(10-13(12)2)17(20)21-11-16(19)18-15-6-4-3-5-7-15/h3-10H,11H2,1-2H3,(H,18,19). The van der Waals surface area contributed by atoms with E-state index in [4.69, 9.17) is 4.74 Å². The molecule has 0 bridgehead atoms. The highest BCUT2D eigenvalue weighted by Crippen LogP contribution is 2.11. The van der Waals surface area contributed by atoms with Crippen molar-refractivity contribution < 1.29 is 14.3 Å². The van der Waals surface area contributed by atoms with Gasteiger partial charge in [-0.1, -0.05) is 24.3 Å². The number of para-hydroxylation sites is 1. The van der Waals surface area contributed by atoms with E-state index in [0.29, 0.717) is 11.3 Å². The van der Waals surface area contributed by atoms with Crippen LogP contribution in [0.5, 0.6) is 0 Å². The molecule has 0 unspecified atom stereocenters. The molecule has 0 aliphatic carbocycles. The normalized spacial score (nSPS) is 10.0. The average molecular weight is 283 g/mol. The maximum atomic E-state index is 11.9. The van der Waals surface area contributed by atoms with Gasteiger partial charge in [0.15, 0.2) is 6.61 Å². The summed E-state index contributed by atoms with van der Waals surface area (Å²) in [7, 11) is 0. The largest absolute Gasteiger partial charge is 0.452 e. The smallest absolute Gasteiger partial charge is 0.338 e. The van der Waals surface area contributed by atoms with Gasteiger partial charge < -0.3 is 10.1 Å². The molecule has 2 rings (SSSR count). The van der Waals surface area contributed by atoms with E-state index in [-0.39, 0.29) is 12.5 Å². The lowest BCUT2D eigenvalue weighted by molar-refractivity contribution is -0.119. The molecular weight excluding hydrogens is 266 g/mol. The molecule has 0 aliphatic rings. The lowest BCUT2D eigenvalue weighted by Gasteiger charge is -2.07. The van der Waals surface area contributed by atoms with Gasteiger partial charge in [-0.2, -0.15) is 0 Å². The van der Waals surface area contributed by atoms with Crippen molar-refractivity contribution >= 4 is 17.6 Å². The zero-order valence-electron chi connectivity index (χ0n) is 12.1. The maximum absolute atomic E-state index is 11.9. The molecule has 1 amide bonds. The molecule has 0 saturated carbocycles. The van der Waals surface area contributed by atoms with Gasteiger partial charge in [-0.15, -0.1) is 0 Å². The molecule has 2 aromatic carbocycles. The van der Waals surface area contributed by atoms with Crippen LogP contribution in [0.3, 0.4) is 0 Å². The first-order chi connectivity index (χ1) is 10.1. The van der Waals surface area contributed by atoms with Crippen molar-refractivity contribution in [3.63, 3.8) is 0 Å². The topological polar surface area (TPSA) is 55.4 Å². The van der Waals surface area contributed by atoms with Gasteiger partial charge in [-0.25, -0.2) is 4.79 Å². The van der Waals surface area contributed by atoms with Crippen LogP contribution in [-0.2, 0) is 9.53 Å². The van der Waals surface area contributed by atoms with E-state index >= 15 is 0 Å². The third kappa shape index (κ3) is 4.18. The predicted molar refractivity (Wildman–Crippen MR) is 81.3 cm³/mol. The number of carbonyl (C=O) groups is 2. The summed E-state index contributed by atoms with van der Waals surface area (Å²) >= 11 is 0. The van der Waals surface area contributed by atoms with Crippen molar-refractivity contribution in [2.24, 2.45) is 0 Å². The summed E-state index contributed by atoms with van der Waals surface area (Å²) in [6.07, 6.45) is 0. The number of rotatable bonds is 4. The Bertz CT molecular complexity index is 650. The van der Waals surface area contributed by atoms with Crippen LogP contribution in [0.4, 0.5) is 5.69 Å². The van der Waals surface area contributed by atoms with Gasteiger partial charge in [0.1, 0.15) is 0 Å². The van der Waals surface area contributed by atoms with Crippen molar-refractivity contribution in [2.45, 2.75) is 13.8 Å². The Balaban J connectivity index is 1.89. The quantitative estimate of drug-likeness (QED) is 0.877. The Kier molecular flexibility index (Phi) is 4.72. The summed E-state index contributed by atoms with van der Waals surface area (Å²) < 4.78 is 5.01. The molecule has 0 aliphatic heterocycles. The lowest BCUT2D eigenvalue weighted by Crippen LogP contribution is -2.20. The number of amides is 1. The number of anilines is 1. The van der Waals surface area contributed by atoms with Crippen LogP contribution in [0.15, 0.2) is 48.5 Å². The minimum absolute atomic E-state index is 0.305. The highest BCUT2D eigenvalue weighted by atomic mass is 16.5. The Labute approximate surface area is 123 Å². The number of nitrogens with one attached hydrogen (secondary N) is 1. The molecule has 0 heterocycles. The number of benzene rings is 2. The Morgan fingerprint density at radius 3 is 2.38 bits per heavy atom. The highest BCUT2D eigenvalue weighted by molar-refractivity contribution is 5.95. The SMILES string of the molecule is Cc1ccc(C(=O)OCC(=O)Nc2ccccc2)cc1C. The van der Waals surface area contributed by atoms with E-state index in [0.717, 1.165) is 11.1 Å². The first kappa shape index (κ1) is 14.8. The van der Waals surface area contributed by atoms with Crippen molar-refractivity contribution in [1.82, 2.24) is 0 Å². The van der Waals surface area contributed by atoms with Gasteiger partial charge in [0, 0.05) is 5.69 Å². The molecule has 4 nitrogen and oxygen atoms in total. The fraction of sp³-hybridized carbons (Fsp3) is 0.176. The molecule has 2 aromatic rings. The molecular formula is C17H17NO3. The number of hydrogen-bond donors (Lipinski definition) is 1. The molecule has 0 saturated heterocycles. The summed E-state index contributed by atoms with van der Waals surface area (Å²) in [5.41, 5.74) is 3.24. The van der Waals surface area contributed by atoms with Crippen LogP contribution < -0.4 is 5.32 Å². The van der Waals surface area contributed by atoms with Gasteiger partial charge in [-0.05, 0) is 49.2 Å². The van der Waals surface area contributed by atoms with Gasteiger partial charge in [0.05, 0.1) is 5.56 Å². The minimum Gasteiger partial charge on any atom is -0.452 e. The fourth-order valence-corrected chi connectivity index (χ4v) is 1.80. The molecule has 0 spiro atoms. The van der Waals surface area contributed by atoms with Crippen LogP contribution in [-0.4, -0.2) is 18.5 Å². The van der Waals surface area contributed by atoms with E-state index in [1.165, 1.54) is 0 Å². The molecule has 0 aromatic heterocycles. The van der Waals surface area contributed by atoms with Crippen LogP contribution in [0.1, 0.15) is 21.5 Å². The third-order valence-corrected chi connectivity index (χ3v) is 3.13. The molecule has 21 heavy (non-hydrogen) atoms. The molecule has 0 fully saturated rings. The van der Waals surface area contributed by atoms with Gasteiger partial charge in [0.2, 0.25) is 0 Å². The van der Waals surface area contributed by atoms with E-state index in [2.05, 4.69) is 5.32 Å². The third-order valence-electron chi connectivity index (χ3n) is 3.13. The number of aryl methyl sites for hydroxylation is 2. The van der Waals surface area contributed by atoms with Crippen LogP contribution in [0.2, 0.25) is 0 Å². The van der Waals surface area contributed by atoms with Crippen molar-refractivity contribution in [3.8, 4) is 0 Å². The number of hydrogen-bond acceptors (Lipinski definition) is 3. The minimum atomic E-state index is -0.499. The number of ether oxygens (including phenoxy) is 1. The molecule has 0 atom stereocenters. The monoisotopic (exact) mass is 283 g/mol. The zero-order valence-corrected chi connectivity index (χ0v) is 12.1. The van der Waals surface area contributed by atoms with E-state index in [1.54, 1.807) is 24.3 Å². The van der Waals surface area contributed by atoms with Gasteiger partial charge >= 0.3 is 5.97 Å². The number of esters is 1. The molecule has 1 N–H and O–H groups in total. The van der Waals surface area contributed by atoms with Crippen LogP contribution in [0, 0.1) is 13.8 Å². The predicted octanol–water partition coefficient (Wildman–Crippen LogP) is 3.10. The zero-order chi connectivity index (χ0) is 15.2. The van der Waals surface area contributed by atoms with Crippen molar-refractivity contribution in [3.05, 3.63) is 65.2 Å². The summed E-state index contributed by atoms with van der Waals surface area (Å²) in [5.74, 6) is -0.861. The van der Waals surface area contributed by atoms with Crippen molar-refractivity contribution in [1.29, 1.82) is 0 Å². The molecule has 4 heteroatoms. The fourth-order valence-electron chi connectivity index (χ4n) is 1.80. The van der Waals surface area contributed by atoms with E-state index in [9.17, 15) is 9.59 Å². The van der Waals surface area contributed by atoms with Gasteiger partial charge in [0.25, 0.3) is 5.91 Å². The highest BCUT2D eigenvalue weighted by Gasteiger charge is 2.11. The van der Waals surface area contributed by atoms with E-state index in [1.807, 2.05) is 38.1 Å². The summed E-state index contributed by atoms with van der Waals surface area (Å²) in [4.78, 5) is 23.5. The second-order valence-corrected chi connectivity index (χ2v) is 4.79. The first-order valence-electron chi connectivity index (χ1n) is 6.65. The van der Waals surface area contributed by atoms with Crippen molar-refractivity contribution in [2.75, 3.05) is 11.9 Å². The number of carbonyl (C=O) groups excluding carboxylic acids is 2. The molecule has 0 radical (unpaired) electrons. The van der Waals surface area contributed by atoms with Gasteiger partial charge in [-0.3, -0.25) is 4.79 Å².